The minimum atomic E-state index is -1.66. The van der Waals surface area contributed by atoms with E-state index in [0.29, 0.717) is 18.7 Å². The third-order valence-electron chi connectivity index (χ3n) is 4.05. The molecule has 5 nitrogen and oxygen atoms in total. The van der Waals surface area contributed by atoms with Crippen molar-refractivity contribution in [2.75, 3.05) is 30.3 Å². The van der Waals surface area contributed by atoms with Crippen molar-refractivity contribution in [1.82, 2.24) is 4.90 Å². The van der Waals surface area contributed by atoms with E-state index in [1.807, 2.05) is 19.9 Å². The number of halogens is 4. The quantitative estimate of drug-likeness (QED) is 0.558. The lowest BCUT2D eigenvalue weighted by Crippen LogP contribution is -2.39. The number of anilines is 2. The van der Waals surface area contributed by atoms with Crippen molar-refractivity contribution in [3.63, 3.8) is 0 Å². The summed E-state index contributed by atoms with van der Waals surface area (Å²) >= 11 is 3.35. The Balaban J connectivity index is 1.99. The van der Waals surface area contributed by atoms with Crippen LogP contribution in [0.4, 0.5) is 24.5 Å². The first-order chi connectivity index (χ1) is 13.7. The molecular weight excluding hydrogens is 451 g/mol. The Kier molecular flexibility index (Phi) is 8.21. The largest absolute Gasteiger partial charge is 0.325 e. The van der Waals surface area contributed by atoms with Crippen molar-refractivity contribution < 1.29 is 22.8 Å². The number of rotatable bonds is 8. The summed E-state index contributed by atoms with van der Waals surface area (Å²) in [4.78, 5) is 26.1. The third kappa shape index (κ3) is 6.57. The second-order valence-electron chi connectivity index (χ2n) is 6.49. The van der Waals surface area contributed by atoms with Crippen LogP contribution in [0, 0.1) is 24.4 Å². The number of hydrogen-bond acceptors (Lipinski definition) is 3. The molecule has 0 aliphatic rings. The van der Waals surface area contributed by atoms with E-state index in [9.17, 15) is 22.8 Å². The van der Waals surface area contributed by atoms with Crippen molar-refractivity contribution in [2.24, 2.45) is 0 Å². The Labute approximate surface area is 175 Å². The summed E-state index contributed by atoms with van der Waals surface area (Å²) in [5, 5.41) is 4.99. The molecule has 29 heavy (non-hydrogen) atoms. The van der Waals surface area contributed by atoms with Gasteiger partial charge in [-0.2, -0.15) is 0 Å². The van der Waals surface area contributed by atoms with E-state index in [1.54, 1.807) is 17.0 Å². The van der Waals surface area contributed by atoms with Crippen molar-refractivity contribution in [2.45, 2.75) is 20.3 Å². The second-order valence-corrected chi connectivity index (χ2v) is 7.40. The minimum Gasteiger partial charge on any atom is -0.325 e. The van der Waals surface area contributed by atoms with Gasteiger partial charge in [-0.25, -0.2) is 13.2 Å². The molecule has 0 radical (unpaired) electrons. The number of nitrogens with zero attached hydrogens (tertiary/aromatic N) is 1. The van der Waals surface area contributed by atoms with Crippen LogP contribution in [0.3, 0.4) is 0 Å². The maximum atomic E-state index is 13.7. The highest BCUT2D eigenvalue weighted by atomic mass is 79.9. The van der Waals surface area contributed by atoms with E-state index < -0.39 is 29.0 Å². The van der Waals surface area contributed by atoms with Gasteiger partial charge >= 0.3 is 0 Å². The fourth-order valence-corrected chi connectivity index (χ4v) is 3.18. The maximum Gasteiger partial charge on any atom is 0.238 e. The van der Waals surface area contributed by atoms with Gasteiger partial charge in [-0.15, -0.1) is 0 Å². The molecule has 0 aliphatic heterocycles. The van der Waals surface area contributed by atoms with Crippen LogP contribution < -0.4 is 10.6 Å². The van der Waals surface area contributed by atoms with Gasteiger partial charge in [-0.05, 0) is 55.8 Å². The number of aryl methyl sites for hydroxylation is 1. The van der Waals surface area contributed by atoms with Gasteiger partial charge in [-0.1, -0.05) is 22.9 Å². The van der Waals surface area contributed by atoms with Crippen LogP contribution in [0.1, 0.15) is 18.9 Å². The molecular formula is C20H21BrF3N3O2. The Bertz CT molecular complexity index is 909. The molecule has 0 atom stereocenters. The summed E-state index contributed by atoms with van der Waals surface area (Å²) in [5.41, 5.74) is 1.07. The van der Waals surface area contributed by atoms with Crippen LogP contribution in [0.15, 0.2) is 34.8 Å². The molecule has 2 aromatic carbocycles. The van der Waals surface area contributed by atoms with Gasteiger partial charge in [0.25, 0.3) is 0 Å². The second kappa shape index (κ2) is 10.4. The van der Waals surface area contributed by atoms with Crippen LogP contribution in [-0.4, -0.2) is 36.3 Å². The lowest BCUT2D eigenvalue weighted by molar-refractivity contribution is -0.120. The number of carbonyl (C=O) groups excluding carboxylic acids is 2. The molecule has 0 saturated heterocycles. The predicted octanol–water partition coefficient (Wildman–Crippen LogP) is 4.46. The molecule has 0 heterocycles. The van der Waals surface area contributed by atoms with E-state index in [2.05, 4.69) is 26.6 Å². The van der Waals surface area contributed by atoms with Gasteiger partial charge in [0.05, 0.1) is 18.8 Å². The summed E-state index contributed by atoms with van der Waals surface area (Å²) in [7, 11) is 0. The SMILES string of the molecule is CCCN(CC(=O)Nc1ccc(Br)cc1C)CC(=O)Nc1ccc(F)c(F)c1F. The Hall–Kier alpha value is -2.39. The Morgan fingerprint density at radius 2 is 1.55 bits per heavy atom. The summed E-state index contributed by atoms with van der Waals surface area (Å²) in [6, 6.07) is 7.10. The van der Waals surface area contributed by atoms with Gasteiger partial charge in [0, 0.05) is 10.2 Å². The Morgan fingerprint density at radius 1 is 0.966 bits per heavy atom. The van der Waals surface area contributed by atoms with Crippen molar-refractivity contribution in [1.29, 1.82) is 0 Å². The Morgan fingerprint density at radius 3 is 2.14 bits per heavy atom. The van der Waals surface area contributed by atoms with Crippen molar-refractivity contribution >= 4 is 39.1 Å². The van der Waals surface area contributed by atoms with E-state index in [0.717, 1.165) is 22.2 Å². The highest BCUT2D eigenvalue weighted by Gasteiger charge is 2.18. The first-order valence-electron chi connectivity index (χ1n) is 8.93. The van der Waals surface area contributed by atoms with Crippen LogP contribution in [0.2, 0.25) is 0 Å². The molecule has 156 valence electrons. The average Bonchev–Trinajstić information content (AvgIpc) is 2.64. The first kappa shape index (κ1) is 22.9. The molecule has 0 spiro atoms. The summed E-state index contributed by atoms with van der Waals surface area (Å²) in [5.74, 6) is -5.42. The number of benzene rings is 2. The third-order valence-corrected chi connectivity index (χ3v) is 4.54. The maximum absolute atomic E-state index is 13.7. The molecule has 0 aromatic heterocycles. The smallest absolute Gasteiger partial charge is 0.238 e. The van der Waals surface area contributed by atoms with Gasteiger partial charge in [-0.3, -0.25) is 14.5 Å². The van der Waals surface area contributed by atoms with Crippen LogP contribution in [0.25, 0.3) is 0 Å². The highest BCUT2D eigenvalue weighted by Crippen LogP contribution is 2.21. The van der Waals surface area contributed by atoms with Crippen molar-refractivity contribution in [3.8, 4) is 0 Å². The fourth-order valence-electron chi connectivity index (χ4n) is 2.71. The standard InChI is InChI=1S/C20H21BrF3N3O2/c1-3-8-27(10-17(28)25-15-6-4-13(21)9-12(15)2)11-18(29)26-16-7-5-14(22)19(23)20(16)24/h4-7,9H,3,8,10-11H2,1-2H3,(H,25,28)(H,26,29). The van der Waals surface area contributed by atoms with Gasteiger partial charge in [0.1, 0.15) is 0 Å². The summed E-state index contributed by atoms with van der Waals surface area (Å²) in [6.45, 7) is 3.92. The van der Waals surface area contributed by atoms with Gasteiger partial charge < -0.3 is 10.6 Å². The van der Waals surface area contributed by atoms with Crippen LogP contribution in [-0.2, 0) is 9.59 Å². The number of hydrogen-bond donors (Lipinski definition) is 2. The van der Waals surface area contributed by atoms with Gasteiger partial charge in [0.2, 0.25) is 11.8 Å². The normalized spacial score (nSPS) is 10.9. The molecule has 0 aliphatic carbocycles. The molecule has 2 rings (SSSR count). The number of carbonyl (C=O) groups is 2. The molecule has 2 amide bonds. The predicted molar refractivity (Wildman–Crippen MR) is 109 cm³/mol. The topological polar surface area (TPSA) is 61.4 Å². The van der Waals surface area contributed by atoms with Crippen molar-refractivity contribution in [3.05, 3.63) is 57.8 Å². The molecule has 0 bridgehead atoms. The summed E-state index contributed by atoms with van der Waals surface area (Å²) < 4.78 is 40.9. The minimum absolute atomic E-state index is 0.0585. The zero-order chi connectivity index (χ0) is 21.6. The average molecular weight is 472 g/mol. The summed E-state index contributed by atoms with van der Waals surface area (Å²) in [6.07, 6.45) is 0.678. The van der Waals surface area contributed by atoms with Crippen LogP contribution >= 0.6 is 15.9 Å². The van der Waals surface area contributed by atoms with E-state index in [4.69, 9.17) is 0 Å². The number of nitrogens with one attached hydrogen (secondary N) is 2. The molecule has 2 N–H and O–H groups in total. The lowest BCUT2D eigenvalue weighted by atomic mass is 10.2. The monoisotopic (exact) mass is 471 g/mol. The highest BCUT2D eigenvalue weighted by molar-refractivity contribution is 9.10. The molecule has 0 saturated carbocycles. The number of amides is 2. The van der Waals surface area contributed by atoms with E-state index in [-0.39, 0.29) is 19.0 Å². The zero-order valence-electron chi connectivity index (χ0n) is 16.0. The van der Waals surface area contributed by atoms with E-state index >= 15 is 0 Å². The zero-order valence-corrected chi connectivity index (χ0v) is 17.6. The molecule has 9 heteroatoms. The first-order valence-corrected chi connectivity index (χ1v) is 9.72. The van der Waals surface area contributed by atoms with E-state index in [1.165, 1.54) is 0 Å². The molecule has 0 unspecified atom stereocenters. The molecule has 2 aromatic rings. The van der Waals surface area contributed by atoms with Gasteiger partial charge in [0.15, 0.2) is 17.5 Å². The van der Waals surface area contributed by atoms with Crippen LogP contribution in [0.5, 0.6) is 0 Å². The molecule has 0 fully saturated rings. The fraction of sp³-hybridized carbons (Fsp3) is 0.300. The lowest BCUT2D eigenvalue weighted by Gasteiger charge is -2.21.